The minimum absolute atomic E-state index is 0.171. The van der Waals surface area contributed by atoms with Crippen molar-refractivity contribution in [2.24, 2.45) is 0 Å². The van der Waals surface area contributed by atoms with Crippen LogP contribution in [0.25, 0.3) is 33.2 Å². The Kier molecular flexibility index (Phi) is 6.25. The molecule has 5 aromatic rings. The number of hydrogen-bond acceptors (Lipinski definition) is 4. The molecular formula is C30H14Cl3N3O2S. The first-order valence-corrected chi connectivity index (χ1v) is 13.2. The Bertz CT molecular complexity index is 1940. The molecular weight excluding hydrogens is 573 g/mol. The lowest BCUT2D eigenvalue weighted by Gasteiger charge is -2.15. The van der Waals surface area contributed by atoms with E-state index in [4.69, 9.17) is 47.0 Å². The largest absolute Gasteiger partial charge is 0.345 e. The zero-order chi connectivity index (χ0) is 27.4. The number of carbonyl (C=O) groups is 2. The summed E-state index contributed by atoms with van der Waals surface area (Å²) in [5.74, 6) is -1.02. The highest BCUT2D eigenvalue weighted by Gasteiger charge is 2.41. The Morgan fingerprint density at radius 2 is 1.23 bits per heavy atom. The van der Waals surface area contributed by atoms with Crippen LogP contribution in [-0.4, -0.2) is 16.8 Å². The smallest absolute Gasteiger partial charge is 0.266 e. The molecule has 188 valence electrons. The molecule has 6 rings (SSSR count). The van der Waals surface area contributed by atoms with Crippen LogP contribution in [0.5, 0.6) is 0 Å². The van der Waals surface area contributed by atoms with E-state index < -0.39 is 11.8 Å². The monoisotopic (exact) mass is 585 g/mol. The number of pyridine rings is 1. The lowest BCUT2D eigenvalue weighted by atomic mass is 9.88. The number of carbonyl (C=O) groups excluding carboxylic acids is 2. The van der Waals surface area contributed by atoms with E-state index >= 15 is 0 Å². The minimum Gasteiger partial charge on any atom is -0.345 e. The first kappa shape index (κ1) is 25.3. The van der Waals surface area contributed by atoms with E-state index in [1.54, 1.807) is 78.9 Å². The molecule has 5 nitrogen and oxygen atoms in total. The third-order valence-electron chi connectivity index (χ3n) is 6.62. The number of fused-ring (bicyclic) bond motifs is 3. The zero-order valence-corrected chi connectivity index (χ0v) is 22.8. The molecule has 2 heterocycles. The van der Waals surface area contributed by atoms with Gasteiger partial charge in [0.15, 0.2) is 0 Å². The van der Waals surface area contributed by atoms with E-state index in [0.717, 1.165) is 4.90 Å². The Morgan fingerprint density at radius 1 is 0.718 bits per heavy atom. The number of nitriles is 1. The summed E-state index contributed by atoms with van der Waals surface area (Å²) in [6.45, 7) is 0. The van der Waals surface area contributed by atoms with Crippen LogP contribution in [0.2, 0.25) is 15.1 Å². The molecule has 1 aliphatic heterocycles. The number of nitrogens with one attached hydrogen (secondary N) is 1. The SMILES string of the molecule is N#Cc1c(-c2ccc(Cl)cc2)c2c3c(c(-c4ccc(Cl)cc4)cc2[nH]c1=S)C(=O)N(c1ccc(Cl)cc1)C3=O. The number of benzene rings is 4. The number of aromatic nitrogens is 1. The van der Waals surface area contributed by atoms with Crippen LogP contribution in [-0.2, 0) is 0 Å². The first-order chi connectivity index (χ1) is 18.8. The fourth-order valence-electron chi connectivity index (χ4n) is 4.91. The molecule has 0 saturated carbocycles. The number of imide groups is 1. The van der Waals surface area contributed by atoms with E-state index in [9.17, 15) is 14.9 Å². The number of hydrogen-bond donors (Lipinski definition) is 1. The van der Waals surface area contributed by atoms with Crippen molar-refractivity contribution in [2.75, 3.05) is 4.90 Å². The molecule has 0 atom stereocenters. The van der Waals surface area contributed by atoms with Crippen LogP contribution < -0.4 is 4.90 Å². The number of rotatable bonds is 3. The maximum Gasteiger partial charge on any atom is 0.266 e. The van der Waals surface area contributed by atoms with Crippen molar-refractivity contribution in [3.8, 4) is 28.3 Å². The first-order valence-electron chi connectivity index (χ1n) is 11.6. The van der Waals surface area contributed by atoms with Crippen molar-refractivity contribution >= 4 is 75.4 Å². The van der Waals surface area contributed by atoms with Crippen molar-refractivity contribution in [1.29, 1.82) is 5.26 Å². The van der Waals surface area contributed by atoms with Gasteiger partial charge in [0.25, 0.3) is 11.8 Å². The maximum atomic E-state index is 14.2. The molecule has 1 N–H and O–H groups in total. The molecule has 0 saturated heterocycles. The van der Waals surface area contributed by atoms with Gasteiger partial charge in [0.2, 0.25) is 0 Å². The van der Waals surface area contributed by atoms with Crippen LogP contribution in [0.1, 0.15) is 26.3 Å². The van der Waals surface area contributed by atoms with E-state index in [2.05, 4.69) is 11.1 Å². The maximum absolute atomic E-state index is 14.2. The zero-order valence-electron chi connectivity index (χ0n) is 19.8. The lowest BCUT2D eigenvalue weighted by Crippen LogP contribution is -2.29. The van der Waals surface area contributed by atoms with Gasteiger partial charge in [-0.15, -0.1) is 0 Å². The quantitative estimate of drug-likeness (QED) is 0.169. The summed E-state index contributed by atoms with van der Waals surface area (Å²) in [6, 6.07) is 24.3. The Morgan fingerprint density at radius 3 is 1.79 bits per heavy atom. The summed E-state index contributed by atoms with van der Waals surface area (Å²) in [4.78, 5) is 32.5. The molecule has 9 heteroatoms. The highest BCUT2D eigenvalue weighted by Crippen LogP contribution is 2.44. The van der Waals surface area contributed by atoms with Gasteiger partial charge in [-0.1, -0.05) is 71.3 Å². The number of nitrogens with zero attached hydrogens (tertiary/aromatic N) is 2. The Balaban J connectivity index is 1.77. The molecule has 4 aromatic carbocycles. The number of aromatic amines is 1. The Hall–Kier alpha value is -3.99. The van der Waals surface area contributed by atoms with Gasteiger partial charge < -0.3 is 4.98 Å². The molecule has 0 unspecified atom stereocenters. The van der Waals surface area contributed by atoms with Crippen molar-refractivity contribution in [1.82, 2.24) is 4.98 Å². The van der Waals surface area contributed by atoms with Gasteiger partial charge in [0, 0.05) is 31.5 Å². The van der Waals surface area contributed by atoms with Crippen LogP contribution >= 0.6 is 47.0 Å². The van der Waals surface area contributed by atoms with E-state index in [-0.39, 0.29) is 21.3 Å². The van der Waals surface area contributed by atoms with Gasteiger partial charge in [0.1, 0.15) is 10.7 Å². The van der Waals surface area contributed by atoms with Crippen LogP contribution in [0, 0.1) is 16.0 Å². The highest BCUT2D eigenvalue weighted by molar-refractivity contribution is 7.71. The fourth-order valence-corrected chi connectivity index (χ4v) is 5.55. The third-order valence-corrected chi connectivity index (χ3v) is 7.68. The molecule has 0 aliphatic carbocycles. The summed E-state index contributed by atoms with van der Waals surface area (Å²) in [5.41, 5.74) is 3.75. The van der Waals surface area contributed by atoms with Crippen LogP contribution in [0.3, 0.4) is 0 Å². The van der Waals surface area contributed by atoms with Crippen LogP contribution in [0.4, 0.5) is 5.69 Å². The second-order valence-corrected chi connectivity index (χ2v) is 10.6. The molecule has 2 amide bonds. The van der Waals surface area contributed by atoms with Gasteiger partial charge in [-0.2, -0.15) is 5.26 Å². The number of H-pyrrole nitrogens is 1. The molecule has 0 spiro atoms. The Labute approximate surface area is 242 Å². The average molecular weight is 587 g/mol. The average Bonchev–Trinajstić information content (AvgIpc) is 3.19. The van der Waals surface area contributed by atoms with Gasteiger partial charge in [-0.3, -0.25) is 9.59 Å². The second-order valence-electron chi connectivity index (χ2n) is 8.85. The number of amides is 2. The van der Waals surface area contributed by atoms with Crippen molar-refractivity contribution < 1.29 is 9.59 Å². The highest BCUT2D eigenvalue weighted by atomic mass is 35.5. The van der Waals surface area contributed by atoms with E-state index in [0.29, 0.717) is 53.9 Å². The van der Waals surface area contributed by atoms with E-state index in [1.165, 1.54) is 0 Å². The molecule has 39 heavy (non-hydrogen) atoms. The summed E-state index contributed by atoms with van der Waals surface area (Å²) in [7, 11) is 0. The van der Waals surface area contributed by atoms with Crippen LogP contribution in [0.15, 0.2) is 78.9 Å². The van der Waals surface area contributed by atoms with E-state index in [1.807, 2.05) is 0 Å². The van der Waals surface area contributed by atoms with Gasteiger partial charge >= 0.3 is 0 Å². The van der Waals surface area contributed by atoms with Gasteiger partial charge in [0.05, 0.1) is 22.4 Å². The molecule has 1 aliphatic rings. The standard InChI is InChI=1S/C30H14Cl3N3O2S/c31-17-5-1-15(2-6-17)21-13-23-26(24(22(14-34)28(39)35-23)16-3-7-18(32)8-4-16)27-25(21)29(37)36(30(27)38)20-11-9-19(33)10-12-20/h1-13H,(H,35,39). The van der Waals surface area contributed by atoms with Gasteiger partial charge in [-0.05, 0) is 71.3 Å². The lowest BCUT2D eigenvalue weighted by molar-refractivity contribution is 0.0927. The molecule has 1 aromatic heterocycles. The summed E-state index contributed by atoms with van der Waals surface area (Å²) in [6.07, 6.45) is 0. The number of anilines is 1. The molecule has 0 bridgehead atoms. The summed E-state index contributed by atoms with van der Waals surface area (Å²) in [5, 5.41) is 12.0. The summed E-state index contributed by atoms with van der Waals surface area (Å²) >= 11 is 23.9. The molecule has 0 radical (unpaired) electrons. The molecule has 0 fully saturated rings. The van der Waals surface area contributed by atoms with Gasteiger partial charge in [-0.25, -0.2) is 4.90 Å². The van der Waals surface area contributed by atoms with Crippen molar-refractivity contribution in [3.63, 3.8) is 0 Å². The van der Waals surface area contributed by atoms with Crippen molar-refractivity contribution in [3.05, 3.63) is 115 Å². The fraction of sp³-hybridized carbons (Fsp3) is 0. The van der Waals surface area contributed by atoms with Crippen molar-refractivity contribution in [2.45, 2.75) is 0 Å². The summed E-state index contributed by atoms with van der Waals surface area (Å²) < 4.78 is 0.211. The minimum atomic E-state index is -0.525. The topological polar surface area (TPSA) is 77.0 Å². The third kappa shape index (κ3) is 4.12. The predicted octanol–water partition coefficient (Wildman–Crippen LogP) is 8.86. The second kappa shape index (κ2) is 9.64. The normalized spacial score (nSPS) is 12.6. The predicted molar refractivity (Wildman–Crippen MR) is 157 cm³/mol. The number of halogens is 3.